The van der Waals surface area contributed by atoms with E-state index in [2.05, 4.69) is 26.1 Å². The number of nitrogens with two attached hydrogens (primary N) is 1. The number of rotatable bonds is 12. The number of hydrogen-bond acceptors (Lipinski definition) is 4. The Hall–Kier alpha value is -3.35. The normalized spacial score (nSPS) is 17.7. The van der Waals surface area contributed by atoms with Gasteiger partial charge >= 0.3 is 0 Å². The molecule has 40 heavy (non-hydrogen) atoms. The summed E-state index contributed by atoms with van der Waals surface area (Å²) < 4.78 is 5.98. The second-order valence-corrected chi connectivity index (χ2v) is 12.7. The zero-order chi connectivity index (χ0) is 29.3. The van der Waals surface area contributed by atoms with Crippen LogP contribution in [0.15, 0.2) is 54.6 Å². The van der Waals surface area contributed by atoms with E-state index in [1.807, 2.05) is 73.3 Å². The van der Waals surface area contributed by atoms with Crippen molar-refractivity contribution in [2.45, 2.75) is 85.7 Å². The van der Waals surface area contributed by atoms with E-state index >= 15 is 0 Å². The molecule has 3 amide bonds. The number of carbonyl (C=O) groups is 3. The van der Waals surface area contributed by atoms with E-state index in [4.69, 9.17) is 10.5 Å². The SMILES string of the molecule is CC(C)C[C@@H](C(=O)N[C@H]1CCCCN(Cc2cccc(Oc3ccccc3)c2)C1=O)[C@H](CCC(C)(C)C)C(N)=O. The van der Waals surface area contributed by atoms with Gasteiger partial charge in [-0.1, -0.05) is 65.0 Å². The van der Waals surface area contributed by atoms with Crippen LogP contribution in [0.1, 0.15) is 78.7 Å². The summed E-state index contributed by atoms with van der Waals surface area (Å²) in [5, 5.41) is 3.04. The Morgan fingerprint density at radius 3 is 2.38 bits per heavy atom. The maximum absolute atomic E-state index is 13.7. The van der Waals surface area contributed by atoms with E-state index in [0.717, 1.165) is 30.6 Å². The van der Waals surface area contributed by atoms with Gasteiger partial charge in [-0.25, -0.2) is 0 Å². The molecule has 0 unspecified atom stereocenters. The first kappa shape index (κ1) is 31.2. The summed E-state index contributed by atoms with van der Waals surface area (Å²) in [6.45, 7) is 11.5. The Morgan fingerprint density at radius 2 is 1.73 bits per heavy atom. The average Bonchev–Trinajstić information content (AvgIpc) is 3.04. The van der Waals surface area contributed by atoms with E-state index in [9.17, 15) is 14.4 Å². The topological polar surface area (TPSA) is 102 Å². The van der Waals surface area contributed by atoms with Crippen molar-refractivity contribution in [2.75, 3.05) is 6.54 Å². The Morgan fingerprint density at radius 1 is 1.02 bits per heavy atom. The van der Waals surface area contributed by atoms with Crippen molar-refractivity contribution >= 4 is 17.7 Å². The summed E-state index contributed by atoms with van der Waals surface area (Å²) in [6.07, 6.45) is 4.16. The molecule has 1 heterocycles. The molecule has 0 saturated carbocycles. The first-order valence-corrected chi connectivity index (χ1v) is 14.6. The fraction of sp³-hybridized carbons (Fsp3) is 0.545. The quantitative estimate of drug-likeness (QED) is 0.336. The molecule has 0 aliphatic carbocycles. The average molecular weight is 550 g/mol. The molecule has 218 valence electrons. The van der Waals surface area contributed by atoms with Crippen molar-refractivity contribution in [3.63, 3.8) is 0 Å². The van der Waals surface area contributed by atoms with Crippen LogP contribution >= 0.6 is 0 Å². The third-order valence-corrected chi connectivity index (χ3v) is 7.47. The number of para-hydroxylation sites is 1. The van der Waals surface area contributed by atoms with E-state index in [1.165, 1.54) is 0 Å². The second-order valence-electron chi connectivity index (χ2n) is 12.7. The zero-order valence-corrected chi connectivity index (χ0v) is 24.8. The van der Waals surface area contributed by atoms with Gasteiger partial charge < -0.3 is 20.7 Å². The van der Waals surface area contributed by atoms with Gasteiger partial charge in [0.2, 0.25) is 17.7 Å². The highest BCUT2D eigenvalue weighted by Crippen LogP contribution is 2.31. The van der Waals surface area contributed by atoms with Crippen LogP contribution < -0.4 is 15.8 Å². The fourth-order valence-corrected chi connectivity index (χ4v) is 5.32. The van der Waals surface area contributed by atoms with Gasteiger partial charge in [0.05, 0.1) is 0 Å². The molecular weight excluding hydrogens is 502 g/mol. The molecule has 0 spiro atoms. The standard InChI is InChI=1S/C33H47N3O4/c1-23(2)20-28(27(30(34)37)17-18-33(3,4)5)31(38)35-29-16-9-10-19-36(32(29)39)22-24-12-11-15-26(21-24)40-25-13-7-6-8-14-25/h6-8,11-15,21,23,27-29H,9-10,16-20,22H2,1-5H3,(H2,34,37)(H,35,38)/t27-,28+,29-/m0/s1. The molecule has 0 aromatic heterocycles. The van der Waals surface area contributed by atoms with E-state index in [1.54, 1.807) is 0 Å². The van der Waals surface area contributed by atoms with Crippen molar-refractivity contribution in [1.29, 1.82) is 0 Å². The van der Waals surface area contributed by atoms with Crippen molar-refractivity contribution in [3.8, 4) is 11.5 Å². The van der Waals surface area contributed by atoms with Crippen LogP contribution in [0.2, 0.25) is 0 Å². The molecule has 7 heteroatoms. The first-order chi connectivity index (χ1) is 18.9. The van der Waals surface area contributed by atoms with Crippen molar-refractivity contribution < 1.29 is 19.1 Å². The molecule has 1 fully saturated rings. The number of benzene rings is 2. The van der Waals surface area contributed by atoms with E-state index in [0.29, 0.717) is 38.1 Å². The van der Waals surface area contributed by atoms with Crippen molar-refractivity contribution in [1.82, 2.24) is 10.2 Å². The van der Waals surface area contributed by atoms with Crippen LogP contribution in [0.4, 0.5) is 0 Å². The minimum Gasteiger partial charge on any atom is -0.457 e. The Labute approximate surface area is 239 Å². The van der Waals surface area contributed by atoms with Crippen LogP contribution in [0.3, 0.4) is 0 Å². The van der Waals surface area contributed by atoms with Gasteiger partial charge in [0.15, 0.2) is 0 Å². The summed E-state index contributed by atoms with van der Waals surface area (Å²) in [7, 11) is 0. The fourth-order valence-electron chi connectivity index (χ4n) is 5.32. The lowest BCUT2D eigenvalue weighted by atomic mass is 9.78. The second kappa shape index (κ2) is 14.3. The Bertz CT molecular complexity index is 1130. The molecule has 1 aliphatic heterocycles. The summed E-state index contributed by atoms with van der Waals surface area (Å²) >= 11 is 0. The molecule has 3 N–H and O–H groups in total. The summed E-state index contributed by atoms with van der Waals surface area (Å²) in [6, 6.07) is 16.7. The molecular formula is C33H47N3O4. The number of carbonyl (C=O) groups excluding carboxylic acids is 3. The smallest absolute Gasteiger partial charge is 0.245 e. The predicted octanol–water partition coefficient (Wildman–Crippen LogP) is 6.07. The Balaban J connectivity index is 1.72. The van der Waals surface area contributed by atoms with Gasteiger partial charge in [-0.15, -0.1) is 0 Å². The number of nitrogens with zero attached hydrogens (tertiary/aromatic N) is 1. The molecule has 2 aromatic carbocycles. The van der Waals surface area contributed by atoms with Crippen LogP contribution in [0, 0.1) is 23.2 Å². The lowest BCUT2D eigenvalue weighted by molar-refractivity contribution is -0.139. The third-order valence-electron chi connectivity index (χ3n) is 7.47. The van der Waals surface area contributed by atoms with Gasteiger partial charge in [0.25, 0.3) is 0 Å². The van der Waals surface area contributed by atoms with Gasteiger partial charge in [-0.2, -0.15) is 0 Å². The number of primary amides is 1. The van der Waals surface area contributed by atoms with Gasteiger partial charge in [0.1, 0.15) is 17.5 Å². The molecule has 2 aromatic rings. The number of ether oxygens (including phenoxy) is 1. The van der Waals surface area contributed by atoms with Gasteiger partial charge in [-0.05, 0) is 79.7 Å². The predicted molar refractivity (Wildman–Crippen MR) is 158 cm³/mol. The van der Waals surface area contributed by atoms with Crippen LogP contribution in [0.25, 0.3) is 0 Å². The third kappa shape index (κ3) is 9.68. The van der Waals surface area contributed by atoms with Crippen LogP contribution in [-0.2, 0) is 20.9 Å². The number of amides is 3. The molecule has 0 bridgehead atoms. The maximum Gasteiger partial charge on any atom is 0.245 e. The lowest BCUT2D eigenvalue weighted by Gasteiger charge is -2.30. The van der Waals surface area contributed by atoms with Gasteiger partial charge in [-0.3, -0.25) is 14.4 Å². The monoisotopic (exact) mass is 549 g/mol. The highest BCUT2D eigenvalue weighted by molar-refractivity contribution is 5.91. The highest BCUT2D eigenvalue weighted by Gasteiger charge is 2.36. The maximum atomic E-state index is 13.7. The summed E-state index contributed by atoms with van der Waals surface area (Å²) in [5.41, 5.74) is 6.81. The Kier molecular flexibility index (Phi) is 11.2. The first-order valence-electron chi connectivity index (χ1n) is 14.6. The molecule has 7 nitrogen and oxygen atoms in total. The van der Waals surface area contributed by atoms with Gasteiger partial charge in [0, 0.05) is 24.9 Å². The highest BCUT2D eigenvalue weighted by atomic mass is 16.5. The summed E-state index contributed by atoms with van der Waals surface area (Å²) in [4.78, 5) is 41.6. The van der Waals surface area contributed by atoms with E-state index in [-0.39, 0.29) is 23.1 Å². The molecule has 0 radical (unpaired) electrons. The molecule has 1 aliphatic rings. The molecule has 3 atom stereocenters. The van der Waals surface area contributed by atoms with Crippen molar-refractivity contribution in [3.05, 3.63) is 60.2 Å². The lowest BCUT2D eigenvalue weighted by Crippen LogP contribution is -2.50. The van der Waals surface area contributed by atoms with Crippen molar-refractivity contribution in [2.24, 2.45) is 28.9 Å². The minimum atomic E-state index is -0.621. The summed E-state index contributed by atoms with van der Waals surface area (Å²) in [5.74, 6) is -0.239. The minimum absolute atomic E-state index is 0.0216. The largest absolute Gasteiger partial charge is 0.457 e. The number of hydrogen-bond donors (Lipinski definition) is 2. The van der Waals surface area contributed by atoms with Crippen LogP contribution in [0.5, 0.6) is 11.5 Å². The zero-order valence-electron chi connectivity index (χ0n) is 24.8. The number of likely N-dealkylation sites (tertiary alicyclic amines) is 1. The molecule has 3 rings (SSSR count). The molecule has 1 saturated heterocycles. The van der Waals surface area contributed by atoms with Crippen LogP contribution in [-0.4, -0.2) is 35.2 Å². The number of nitrogens with one attached hydrogen (secondary N) is 1. The van der Waals surface area contributed by atoms with E-state index < -0.39 is 23.8 Å².